The lowest BCUT2D eigenvalue weighted by Gasteiger charge is -2.33. The SMILES string of the molecule is C1CCOC1.COc1nc(C(=O)N(C)CC(F)(F)F)cc(N2CCC(c3ccc(N)c(C(N)=O)n3)CC2)n1. The van der Waals surface area contributed by atoms with E-state index in [1.165, 1.54) is 26.0 Å². The summed E-state index contributed by atoms with van der Waals surface area (Å²) in [4.78, 5) is 38.9. The van der Waals surface area contributed by atoms with Gasteiger partial charge in [-0.15, -0.1) is 0 Å². The van der Waals surface area contributed by atoms with Crippen molar-refractivity contribution in [1.29, 1.82) is 0 Å². The van der Waals surface area contributed by atoms with Crippen molar-refractivity contribution in [1.82, 2.24) is 19.9 Å². The Labute approximate surface area is 218 Å². The van der Waals surface area contributed by atoms with Crippen molar-refractivity contribution in [2.45, 2.75) is 37.8 Å². The number of pyridine rings is 1. The number of anilines is 2. The molecule has 2 fully saturated rings. The molecule has 4 N–H and O–H groups in total. The third-order valence-corrected chi connectivity index (χ3v) is 6.10. The Morgan fingerprint density at radius 2 is 1.82 bits per heavy atom. The number of nitrogens with zero attached hydrogens (tertiary/aromatic N) is 5. The first-order valence-electron chi connectivity index (χ1n) is 12.1. The Morgan fingerprint density at radius 1 is 1.16 bits per heavy atom. The molecular formula is C24H32F3N7O4. The predicted octanol–water partition coefficient (Wildman–Crippen LogP) is 2.38. The highest BCUT2D eigenvalue weighted by Gasteiger charge is 2.32. The molecule has 0 unspecified atom stereocenters. The molecule has 2 amide bonds. The van der Waals surface area contributed by atoms with Gasteiger partial charge in [-0.3, -0.25) is 9.59 Å². The Morgan fingerprint density at radius 3 is 2.34 bits per heavy atom. The molecule has 2 aliphatic heterocycles. The first kappa shape index (κ1) is 28.9. The van der Waals surface area contributed by atoms with Crippen LogP contribution in [0.4, 0.5) is 24.7 Å². The lowest BCUT2D eigenvalue weighted by atomic mass is 9.92. The highest BCUT2D eigenvalue weighted by Crippen LogP contribution is 2.30. The zero-order valence-corrected chi connectivity index (χ0v) is 21.3. The van der Waals surface area contributed by atoms with E-state index in [9.17, 15) is 22.8 Å². The van der Waals surface area contributed by atoms with Crippen LogP contribution in [0.3, 0.4) is 0 Å². The number of carbonyl (C=O) groups excluding carboxylic acids is 2. The monoisotopic (exact) mass is 539 g/mol. The third-order valence-electron chi connectivity index (χ3n) is 6.10. The quantitative estimate of drug-likeness (QED) is 0.564. The number of primary amides is 1. The van der Waals surface area contributed by atoms with Gasteiger partial charge in [0.15, 0.2) is 5.69 Å². The summed E-state index contributed by atoms with van der Waals surface area (Å²) in [6.07, 6.45) is -0.672. The van der Waals surface area contributed by atoms with Crippen molar-refractivity contribution in [3.05, 3.63) is 35.3 Å². The molecule has 0 spiro atoms. The number of methoxy groups -OCH3 is 1. The molecule has 0 aliphatic carbocycles. The van der Waals surface area contributed by atoms with Gasteiger partial charge in [0, 0.05) is 51.0 Å². The van der Waals surface area contributed by atoms with E-state index in [1.807, 2.05) is 4.90 Å². The molecule has 38 heavy (non-hydrogen) atoms. The normalized spacial score (nSPS) is 16.0. The highest BCUT2D eigenvalue weighted by atomic mass is 19.4. The number of hydrogen-bond donors (Lipinski definition) is 2. The molecule has 11 nitrogen and oxygen atoms in total. The van der Waals surface area contributed by atoms with Crippen LogP contribution in [0, 0.1) is 0 Å². The molecule has 208 valence electrons. The summed E-state index contributed by atoms with van der Waals surface area (Å²) in [6.45, 7) is 1.64. The van der Waals surface area contributed by atoms with E-state index in [4.69, 9.17) is 20.9 Å². The summed E-state index contributed by atoms with van der Waals surface area (Å²) in [6, 6.07) is 4.58. The first-order valence-corrected chi connectivity index (χ1v) is 12.1. The van der Waals surface area contributed by atoms with E-state index in [0.717, 1.165) is 20.3 Å². The van der Waals surface area contributed by atoms with Gasteiger partial charge in [-0.25, -0.2) is 4.98 Å². The molecule has 0 radical (unpaired) electrons. The van der Waals surface area contributed by atoms with Crippen molar-refractivity contribution >= 4 is 23.3 Å². The van der Waals surface area contributed by atoms with Crippen LogP contribution in [-0.2, 0) is 4.74 Å². The van der Waals surface area contributed by atoms with E-state index < -0.39 is 24.5 Å². The maximum Gasteiger partial charge on any atom is 0.406 e. The smallest absolute Gasteiger partial charge is 0.406 e. The number of piperidine rings is 1. The molecule has 2 aromatic heterocycles. The van der Waals surface area contributed by atoms with Gasteiger partial charge in [-0.2, -0.15) is 23.1 Å². The van der Waals surface area contributed by atoms with Crippen molar-refractivity contribution in [3.8, 4) is 6.01 Å². The molecule has 14 heteroatoms. The maximum absolute atomic E-state index is 12.7. The number of carbonyl (C=O) groups is 2. The summed E-state index contributed by atoms with van der Waals surface area (Å²) in [5.74, 6) is -1.18. The summed E-state index contributed by atoms with van der Waals surface area (Å²) in [5.41, 5.74) is 11.8. The second kappa shape index (κ2) is 12.7. The van der Waals surface area contributed by atoms with E-state index in [2.05, 4.69) is 15.0 Å². The minimum absolute atomic E-state index is 0.0293. The Bertz CT molecular complexity index is 1110. The van der Waals surface area contributed by atoms with Crippen LogP contribution in [-0.4, -0.2) is 84.8 Å². The molecule has 4 heterocycles. The average molecular weight is 540 g/mol. The summed E-state index contributed by atoms with van der Waals surface area (Å²) < 4.78 is 48.0. The fourth-order valence-corrected chi connectivity index (χ4v) is 4.14. The Kier molecular flexibility index (Phi) is 9.66. The van der Waals surface area contributed by atoms with Crippen LogP contribution in [0.25, 0.3) is 0 Å². The fraction of sp³-hybridized carbons (Fsp3) is 0.542. The Hall–Kier alpha value is -3.68. The van der Waals surface area contributed by atoms with Gasteiger partial charge in [0.05, 0.1) is 12.8 Å². The highest BCUT2D eigenvalue weighted by molar-refractivity contribution is 5.95. The second-order valence-electron chi connectivity index (χ2n) is 8.99. The minimum Gasteiger partial charge on any atom is -0.467 e. The standard InChI is InChI=1S/C20H24F3N7O3.C4H8O/c1-29(10-20(21,22)23)18(32)14-9-15(28-19(27-14)33-2)30-7-5-11(6-8-30)13-4-3-12(24)16(26-13)17(25)31;1-2-4-5-3-1/h3-4,9,11H,5-8,10,24H2,1-2H3,(H2,25,31);1-4H2. The lowest BCUT2D eigenvalue weighted by Crippen LogP contribution is -2.37. The number of rotatable bonds is 6. The maximum atomic E-state index is 12.7. The van der Waals surface area contributed by atoms with Crippen LogP contribution in [0.15, 0.2) is 18.2 Å². The zero-order valence-electron chi connectivity index (χ0n) is 21.3. The van der Waals surface area contributed by atoms with E-state index >= 15 is 0 Å². The number of nitrogen functional groups attached to an aromatic ring is 1. The molecule has 0 atom stereocenters. The number of alkyl halides is 3. The number of amides is 2. The fourth-order valence-electron chi connectivity index (χ4n) is 4.14. The van der Waals surface area contributed by atoms with Gasteiger partial charge < -0.3 is 30.7 Å². The molecule has 2 aliphatic rings. The molecule has 0 saturated carbocycles. The van der Waals surface area contributed by atoms with E-state index in [-0.39, 0.29) is 29.0 Å². The van der Waals surface area contributed by atoms with Gasteiger partial charge >= 0.3 is 12.2 Å². The molecular weight excluding hydrogens is 507 g/mol. The van der Waals surface area contributed by atoms with Crippen LogP contribution in [0.5, 0.6) is 6.01 Å². The lowest BCUT2D eigenvalue weighted by molar-refractivity contribution is -0.138. The van der Waals surface area contributed by atoms with Crippen molar-refractivity contribution in [3.63, 3.8) is 0 Å². The largest absolute Gasteiger partial charge is 0.467 e. The second-order valence-corrected chi connectivity index (χ2v) is 8.99. The van der Waals surface area contributed by atoms with Crippen molar-refractivity contribution in [2.24, 2.45) is 5.73 Å². The number of halogens is 3. The molecule has 4 rings (SSSR count). The van der Waals surface area contributed by atoms with Gasteiger partial charge in [-0.05, 0) is 37.8 Å². The number of aromatic nitrogens is 3. The van der Waals surface area contributed by atoms with Gasteiger partial charge in [-0.1, -0.05) is 0 Å². The summed E-state index contributed by atoms with van der Waals surface area (Å²) >= 11 is 0. The zero-order chi connectivity index (χ0) is 27.9. The summed E-state index contributed by atoms with van der Waals surface area (Å²) in [5, 5.41) is 0. The summed E-state index contributed by atoms with van der Waals surface area (Å²) in [7, 11) is 2.36. The number of ether oxygens (including phenoxy) is 2. The third kappa shape index (κ3) is 7.91. The van der Waals surface area contributed by atoms with Crippen LogP contribution in [0.1, 0.15) is 58.3 Å². The first-order chi connectivity index (χ1) is 18.0. The van der Waals surface area contributed by atoms with Gasteiger partial charge in [0.2, 0.25) is 0 Å². The van der Waals surface area contributed by atoms with E-state index in [0.29, 0.717) is 42.3 Å². The molecule has 0 bridgehead atoms. The molecule has 2 aromatic rings. The molecule has 0 aromatic carbocycles. The van der Waals surface area contributed by atoms with Crippen LogP contribution >= 0.6 is 0 Å². The average Bonchev–Trinajstić information content (AvgIpc) is 3.47. The van der Waals surface area contributed by atoms with Gasteiger partial charge in [0.25, 0.3) is 11.8 Å². The van der Waals surface area contributed by atoms with Crippen LogP contribution in [0.2, 0.25) is 0 Å². The predicted molar refractivity (Wildman–Crippen MR) is 133 cm³/mol. The van der Waals surface area contributed by atoms with E-state index in [1.54, 1.807) is 12.1 Å². The number of hydrogen-bond acceptors (Lipinski definition) is 9. The Balaban J connectivity index is 0.000000715. The van der Waals surface area contributed by atoms with Gasteiger partial charge in [0.1, 0.15) is 18.1 Å². The van der Waals surface area contributed by atoms with Crippen molar-refractivity contribution in [2.75, 3.05) is 57.6 Å². The minimum atomic E-state index is -4.53. The topological polar surface area (TPSA) is 150 Å². The number of nitrogens with two attached hydrogens (primary N) is 2. The molecule has 2 saturated heterocycles. The van der Waals surface area contributed by atoms with Crippen LogP contribution < -0.4 is 21.1 Å². The van der Waals surface area contributed by atoms with Crippen molar-refractivity contribution < 1.29 is 32.2 Å².